The second-order valence-electron chi connectivity index (χ2n) is 5.92. The second-order valence-corrected chi connectivity index (χ2v) is 5.92. The Morgan fingerprint density at radius 1 is 1.11 bits per heavy atom. The van der Waals surface area contributed by atoms with Gasteiger partial charge < -0.3 is 14.2 Å². The zero-order valence-electron chi connectivity index (χ0n) is 14.3. The number of nitro groups is 1. The summed E-state index contributed by atoms with van der Waals surface area (Å²) in [7, 11) is 0. The van der Waals surface area contributed by atoms with Crippen molar-refractivity contribution in [3.63, 3.8) is 0 Å². The van der Waals surface area contributed by atoms with Crippen molar-refractivity contribution in [3.05, 3.63) is 69.8 Å². The van der Waals surface area contributed by atoms with E-state index in [1.54, 1.807) is 0 Å². The molecule has 1 atom stereocenters. The number of ether oxygens (including phenoxy) is 3. The van der Waals surface area contributed by atoms with Gasteiger partial charge >= 0.3 is 11.9 Å². The van der Waals surface area contributed by atoms with Crippen molar-refractivity contribution < 1.29 is 28.7 Å². The SMILES string of the molecule is O=C(OCC1CCCO1)c1ccc(OC(=O)c2ccccc2[N+](=O)[O-])cc1. The largest absolute Gasteiger partial charge is 0.459 e. The van der Waals surface area contributed by atoms with E-state index in [0.717, 1.165) is 12.8 Å². The number of hydrogen-bond donors (Lipinski definition) is 0. The topological polar surface area (TPSA) is 105 Å². The quantitative estimate of drug-likeness (QED) is 0.332. The Bertz CT molecular complexity index is 841. The summed E-state index contributed by atoms with van der Waals surface area (Å²) in [5, 5.41) is 11.0. The van der Waals surface area contributed by atoms with Crippen LogP contribution in [0.25, 0.3) is 0 Å². The highest BCUT2D eigenvalue weighted by Crippen LogP contribution is 2.21. The summed E-state index contributed by atoms with van der Waals surface area (Å²) in [6.07, 6.45) is 1.77. The Hall–Kier alpha value is -3.26. The van der Waals surface area contributed by atoms with Gasteiger partial charge in [0, 0.05) is 12.7 Å². The minimum Gasteiger partial charge on any atom is -0.459 e. The van der Waals surface area contributed by atoms with Crippen LogP contribution in [0, 0.1) is 10.1 Å². The fourth-order valence-corrected chi connectivity index (χ4v) is 2.65. The van der Waals surface area contributed by atoms with Gasteiger partial charge in [-0.05, 0) is 43.2 Å². The van der Waals surface area contributed by atoms with Crippen LogP contribution < -0.4 is 4.74 Å². The lowest BCUT2D eigenvalue weighted by Gasteiger charge is -2.10. The van der Waals surface area contributed by atoms with E-state index in [2.05, 4.69) is 0 Å². The number of carbonyl (C=O) groups excluding carboxylic acids is 2. The minimum atomic E-state index is -0.851. The van der Waals surface area contributed by atoms with E-state index in [1.165, 1.54) is 48.5 Å². The Morgan fingerprint density at radius 2 is 1.85 bits per heavy atom. The van der Waals surface area contributed by atoms with Crippen LogP contribution in [0.15, 0.2) is 48.5 Å². The lowest BCUT2D eigenvalue weighted by Crippen LogP contribution is -2.17. The summed E-state index contributed by atoms with van der Waals surface area (Å²) in [4.78, 5) is 34.5. The average Bonchev–Trinajstić information content (AvgIpc) is 3.20. The van der Waals surface area contributed by atoms with E-state index in [-0.39, 0.29) is 29.7 Å². The molecule has 0 bridgehead atoms. The molecule has 1 unspecified atom stereocenters. The van der Waals surface area contributed by atoms with Crippen LogP contribution in [0.4, 0.5) is 5.69 Å². The first kappa shape index (κ1) is 18.5. The summed E-state index contributed by atoms with van der Waals surface area (Å²) in [5.41, 5.74) is -0.183. The van der Waals surface area contributed by atoms with Gasteiger partial charge in [0.1, 0.15) is 17.9 Å². The molecule has 1 saturated heterocycles. The molecule has 1 aliphatic rings. The van der Waals surface area contributed by atoms with Crippen LogP contribution in [0.3, 0.4) is 0 Å². The van der Waals surface area contributed by atoms with Gasteiger partial charge in [-0.1, -0.05) is 12.1 Å². The van der Waals surface area contributed by atoms with Crippen molar-refractivity contribution in [2.24, 2.45) is 0 Å². The lowest BCUT2D eigenvalue weighted by atomic mass is 10.2. The van der Waals surface area contributed by atoms with E-state index < -0.39 is 16.9 Å². The van der Waals surface area contributed by atoms with Gasteiger partial charge in [0.25, 0.3) is 5.69 Å². The van der Waals surface area contributed by atoms with Crippen molar-refractivity contribution in [2.45, 2.75) is 18.9 Å². The molecule has 1 heterocycles. The molecular weight excluding hydrogens is 354 g/mol. The Morgan fingerprint density at radius 3 is 2.52 bits per heavy atom. The number of carbonyl (C=O) groups is 2. The zero-order valence-corrected chi connectivity index (χ0v) is 14.3. The lowest BCUT2D eigenvalue weighted by molar-refractivity contribution is -0.385. The summed E-state index contributed by atoms with van der Waals surface area (Å²) in [5.74, 6) is -1.19. The van der Waals surface area contributed by atoms with E-state index in [0.29, 0.717) is 12.2 Å². The van der Waals surface area contributed by atoms with Gasteiger partial charge in [-0.2, -0.15) is 0 Å². The Labute approximate surface area is 154 Å². The van der Waals surface area contributed by atoms with Gasteiger partial charge in [-0.15, -0.1) is 0 Å². The maximum absolute atomic E-state index is 12.2. The maximum Gasteiger partial charge on any atom is 0.350 e. The van der Waals surface area contributed by atoms with E-state index in [9.17, 15) is 19.7 Å². The van der Waals surface area contributed by atoms with Crippen LogP contribution >= 0.6 is 0 Å². The summed E-state index contributed by atoms with van der Waals surface area (Å²) < 4.78 is 15.7. The minimum absolute atomic E-state index is 0.0594. The molecule has 8 heteroatoms. The number of benzene rings is 2. The normalized spacial score (nSPS) is 15.9. The highest BCUT2D eigenvalue weighted by molar-refractivity contribution is 5.95. The molecule has 2 aromatic carbocycles. The second kappa shape index (κ2) is 8.41. The first-order chi connectivity index (χ1) is 13.0. The Kier molecular flexibility index (Phi) is 5.77. The van der Waals surface area contributed by atoms with E-state index in [1.807, 2.05) is 0 Å². The molecule has 0 amide bonds. The van der Waals surface area contributed by atoms with Crippen molar-refractivity contribution in [1.29, 1.82) is 0 Å². The maximum atomic E-state index is 12.2. The van der Waals surface area contributed by atoms with Gasteiger partial charge in [-0.25, -0.2) is 9.59 Å². The van der Waals surface area contributed by atoms with Crippen LogP contribution in [0.5, 0.6) is 5.75 Å². The molecule has 140 valence electrons. The number of nitro benzene ring substituents is 1. The van der Waals surface area contributed by atoms with E-state index in [4.69, 9.17) is 14.2 Å². The number of hydrogen-bond acceptors (Lipinski definition) is 7. The number of esters is 2. The molecule has 0 aromatic heterocycles. The molecule has 0 radical (unpaired) electrons. The predicted molar refractivity (Wildman–Crippen MR) is 93.8 cm³/mol. The molecule has 1 fully saturated rings. The Balaban J connectivity index is 1.61. The molecular formula is C19H17NO7. The third-order valence-corrected chi connectivity index (χ3v) is 4.05. The molecule has 0 saturated carbocycles. The molecule has 8 nitrogen and oxygen atoms in total. The molecule has 0 spiro atoms. The summed E-state index contributed by atoms with van der Waals surface area (Å²) in [6, 6.07) is 11.3. The first-order valence-corrected chi connectivity index (χ1v) is 8.39. The molecule has 1 aliphatic heterocycles. The highest BCUT2D eigenvalue weighted by Gasteiger charge is 2.21. The summed E-state index contributed by atoms with van der Waals surface area (Å²) in [6.45, 7) is 0.884. The third kappa shape index (κ3) is 4.68. The zero-order chi connectivity index (χ0) is 19.2. The van der Waals surface area contributed by atoms with Gasteiger partial charge in [0.2, 0.25) is 0 Å². The molecule has 3 rings (SSSR count). The van der Waals surface area contributed by atoms with Crippen LogP contribution in [0.1, 0.15) is 33.6 Å². The molecule has 0 N–H and O–H groups in total. The van der Waals surface area contributed by atoms with Crippen molar-refractivity contribution in [3.8, 4) is 5.75 Å². The van der Waals surface area contributed by atoms with E-state index >= 15 is 0 Å². The van der Waals surface area contributed by atoms with Crippen LogP contribution in [-0.2, 0) is 9.47 Å². The van der Waals surface area contributed by atoms with Crippen LogP contribution in [0.2, 0.25) is 0 Å². The number of nitrogens with zero attached hydrogens (tertiary/aromatic N) is 1. The summed E-state index contributed by atoms with van der Waals surface area (Å²) >= 11 is 0. The van der Waals surface area contributed by atoms with Gasteiger partial charge in [0.15, 0.2) is 0 Å². The highest BCUT2D eigenvalue weighted by atomic mass is 16.6. The first-order valence-electron chi connectivity index (χ1n) is 8.39. The average molecular weight is 371 g/mol. The fraction of sp³-hybridized carbons (Fsp3) is 0.263. The molecule has 27 heavy (non-hydrogen) atoms. The van der Waals surface area contributed by atoms with Crippen molar-refractivity contribution in [1.82, 2.24) is 0 Å². The van der Waals surface area contributed by atoms with Crippen molar-refractivity contribution >= 4 is 17.6 Å². The third-order valence-electron chi connectivity index (χ3n) is 4.05. The standard InChI is InChI=1S/C19H17NO7/c21-18(26-12-15-4-3-11-25-15)13-7-9-14(10-8-13)27-19(22)16-5-1-2-6-17(16)20(23)24/h1-2,5-10,15H,3-4,11-12H2. The molecule has 2 aromatic rings. The fourth-order valence-electron chi connectivity index (χ4n) is 2.65. The van der Waals surface area contributed by atoms with Gasteiger partial charge in [-0.3, -0.25) is 10.1 Å². The van der Waals surface area contributed by atoms with Gasteiger partial charge in [0.05, 0.1) is 16.6 Å². The molecule has 0 aliphatic carbocycles. The van der Waals surface area contributed by atoms with Crippen molar-refractivity contribution in [2.75, 3.05) is 13.2 Å². The number of para-hydroxylation sites is 1. The monoisotopic (exact) mass is 371 g/mol. The number of rotatable bonds is 6. The smallest absolute Gasteiger partial charge is 0.350 e. The van der Waals surface area contributed by atoms with Crippen LogP contribution in [-0.4, -0.2) is 36.2 Å². The predicted octanol–water partition coefficient (Wildman–Crippen LogP) is 3.15.